The third-order valence-electron chi connectivity index (χ3n) is 5.31. The molecule has 4 rings (SSSR count). The second-order valence-corrected chi connectivity index (χ2v) is 8.57. The van der Waals surface area contributed by atoms with Crippen LogP contribution in [-0.2, 0) is 20.5 Å². The van der Waals surface area contributed by atoms with E-state index in [9.17, 15) is 27.6 Å². The molecule has 0 spiro atoms. The Balaban J connectivity index is 1.54. The van der Waals surface area contributed by atoms with Gasteiger partial charge < -0.3 is 19.9 Å². The maximum absolute atomic E-state index is 13.8. The number of terminal acetylenes is 1. The van der Waals surface area contributed by atoms with E-state index in [1.807, 2.05) is 0 Å². The van der Waals surface area contributed by atoms with Crippen LogP contribution in [0.3, 0.4) is 0 Å². The quantitative estimate of drug-likeness (QED) is 0.687. The minimum Gasteiger partial charge on any atom is -0.370 e. The van der Waals surface area contributed by atoms with E-state index in [1.54, 1.807) is 12.1 Å². The Kier molecular flexibility index (Phi) is 6.14. The fourth-order valence-electron chi connectivity index (χ4n) is 3.77. The molecule has 7 nitrogen and oxygen atoms in total. The van der Waals surface area contributed by atoms with Gasteiger partial charge in [-0.3, -0.25) is 14.4 Å². The number of carbonyl (C=O) groups excluding carboxylic acids is 3. The predicted molar refractivity (Wildman–Crippen MR) is 115 cm³/mol. The Morgan fingerprint density at radius 1 is 1.18 bits per heavy atom. The molecule has 33 heavy (non-hydrogen) atoms. The van der Waals surface area contributed by atoms with E-state index in [0.29, 0.717) is 9.75 Å². The molecule has 0 radical (unpaired) electrons. The predicted octanol–water partition coefficient (Wildman–Crippen LogP) is 2.65. The van der Waals surface area contributed by atoms with Crippen molar-refractivity contribution in [3.05, 3.63) is 45.6 Å². The zero-order valence-electron chi connectivity index (χ0n) is 17.1. The summed E-state index contributed by atoms with van der Waals surface area (Å²) >= 11 is 1.13. The number of thiophene rings is 1. The number of nitrogens with one attached hydrogen (secondary N) is 1. The highest BCUT2D eigenvalue weighted by molar-refractivity contribution is 7.14. The van der Waals surface area contributed by atoms with Crippen LogP contribution < -0.4 is 15.1 Å². The van der Waals surface area contributed by atoms with Gasteiger partial charge in [0.15, 0.2) is 0 Å². The number of alkyl halides is 3. The molecule has 2 saturated heterocycles. The largest absolute Gasteiger partial charge is 0.418 e. The molecule has 1 aromatic carbocycles. The van der Waals surface area contributed by atoms with Crippen LogP contribution in [0.2, 0.25) is 0 Å². The van der Waals surface area contributed by atoms with Gasteiger partial charge in [-0.1, -0.05) is 5.92 Å². The summed E-state index contributed by atoms with van der Waals surface area (Å²) in [5, 5.41) is 2.73. The van der Waals surface area contributed by atoms with Crippen LogP contribution >= 0.6 is 11.3 Å². The van der Waals surface area contributed by atoms with E-state index in [0.717, 1.165) is 22.3 Å². The van der Waals surface area contributed by atoms with E-state index in [4.69, 9.17) is 11.2 Å². The van der Waals surface area contributed by atoms with Crippen molar-refractivity contribution in [1.29, 1.82) is 0 Å². The first-order valence-corrected chi connectivity index (χ1v) is 10.8. The highest BCUT2D eigenvalue weighted by Gasteiger charge is 2.39. The molecule has 2 aromatic rings. The van der Waals surface area contributed by atoms with Crippen LogP contribution in [0.5, 0.6) is 0 Å². The molecule has 11 heteroatoms. The molecular weight excluding hydrogens is 459 g/mol. The lowest BCUT2D eigenvalue weighted by Gasteiger charge is -2.30. The molecule has 1 aromatic heterocycles. The molecule has 0 unspecified atom stereocenters. The maximum atomic E-state index is 13.8. The van der Waals surface area contributed by atoms with Crippen LogP contribution in [0.25, 0.3) is 0 Å². The topological polar surface area (TPSA) is 79.0 Å². The van der Waals surface area contributed by atoms with Crippen molar-refractivity contribution in [3.63, 3.8) is 0 Å². The van der Waals surface area contributed by atoms with Crippen molar-refractivity contribution in [2.45, 2.75) is 18.6 Å². The fraction of sp³-hybridized carbons (Fsp3) is 0.318. The van der Waals surface area contributed by atoms with Crippen molar-refractivity contribution >= 4 is 40.4 Å². The van der Waals surface area contributed by atoms with E-state index in [2.05, 4.69) is 11.2 Å². The van der Waals surface area contributed by atoms with Gasteiger partial charge in [-0.25, -0.2) is 0 Å². The summed E-state index contributed by atoms with van der Waals surface area (Å²) in [7, 11) is 0. The number of rotatable bonds is 4. The monoisotopic (exact) mass is 477 g/mol. The van der Waals surface area contributed by atoms with E-state index in [1.165, 1.54) is 17.0 Å². The number of halogens is 3. The summed E-state index contributed by atoms with van der Waals surface area (Å²) in [4.78, 5) is 40.2. The van der Waals surface area contributed by atoms with Gasteiger partial charge in [-0.15, -0.1) is 17.8 Å². The van der Waals surface area contributed by atoms with Crippen LogP contribution in [0.4, 0.5) is 24.5 Å². The normalized spacial score (nSPS) is 19.0. The number of hydrogen-bond acceptors (Lipinski definition) is 5. The average molecular weight is 477 g/mol. The minimum atomic E-state index is -4.74. The first kappa shape index (κ1) is 22.8. The number of amides is 3. The number of anilines is 2. The number of nitrogens with zero attached hydrogens (tertiary/aromatic N) is 2. The van der Waals surface area contributed by atoms with Crippen molar-refractivity contribution < 1.29 is 32.3 Å². The lowest BCUT2D eigenvalue weighted by molar-refractivity contribution is -0.137. The van der Waals surface area contributed by atoms with E-state index >= 15 is 0 Å². The summed E-state index contributed by atoms with van der Waals surface area (Å²) < 4.78 is 46.5. The van der Waals surface area contributed by atoms with Crippen molar-refractivity contribution in [1.82, 2.24) is 5.32 Å². The van der Waals surface area contributed by atoms with Gasteiger partial charge in [0.2, 0.25) is 5.91 Å². The second-order valence-electron chi connectivity index (χ2n) is 7.48. The van der Waals surface area contributed by atoms with Crippen LogP contribution in [-0.4, -0.2) is 50.1 Å². The molecule has 0 aliphatic carbocycles. The minimum absolute atomic E-state index is 0.00210. The lowest BCUT2D eigenvalue weighted by atomic mass is 10.1. The molecule has 1 atom stereocenters. The Bertz CT molecular complexity index is 1150. The summed E-state index contributed by atoms with van der Waals surface area (Å²) in [6, 6.07) is 6.05. The van der Waals surface area contributed by atoms with Crippen molar-refractivity contribution in [2.75, 3.05) is 36.1 Å². The number of carbonyl (C=O) groups is 3. The first-order valence-electron chi connectivity index (χ1n) is 9.94. The van der Waals surface area contributed by atoms with Gasteiger partial charge in [-0.2, -0.15) is 13.2 Å². The van der Waals surface area contributed by atoms with E-state index < -0.39 is 35.5 Å². The van der Waals surface area contributed by atoms with Gasteiger partial charge in [0, 0.05) is 25.2 Å². The Morgan fingerprint density at radius 2 is 1.97 bits per heavy atom. The molecule has 172 valence electrons. The average Bonchev–Trinajstić information content (AvgIpc) is 3.40. The standard InChI is InChI=1S/C22H18F3N3O4S/c1-2-15-4-6-18(33-15)21(31)26-13-9-19(29)28(11-13)14-3-5-17(16(10-14)22(23,24)25)27-7-8-32-12-20(27)30/h1,3-6,10,13H,7-9,11-12H2,(H,26,31)/t13-/m1/s1. The second kappa shape index (κ2) is 8.88. The summed E-state index contributed by atoms with van der Waals surface area (Å²) in [6.45, 7) is -0.144. The Morgan fingerprint density at radius 3 is 2.64 bits per heavy atom. The fourth-order valence-corrected chi connectivity index (χ4v) is 4.49. The molecule has 0 saturated carbocycles. The van der Waals surface area contributed by atoms with Gasteiger partial charge in [0.25, 0.3) is 11.8 Å². The third kappa shape index (κ3) is 4.72. The van der Waals surface area contributed by atoms with Gasteiger partial charge in [0.1, 0.15) is 6.61 Å². The molecule has 2 aliphatic rings. The number of ether oxygens (including phenoxy) is 1. The van der Waals surface area contributed by atoms with Crippen LogP contribution in [0.1, 0.15) is 26.5 Å². The van der Waals surface area contributed by atoms with Gasteiger partial charge in [0.05, 0.1) is 33.7 Å². The van der Waals surface area contributed by atoms with Crippen molar-refractivity contribution in [3.8, 4) is 12.3 Å². The summed E-state index contributed by atoms with van der Waals surface area (Å²) in [5.41, 5.74) is -1.26. The molecule has 1 N–H and O–H groups in total. The Hall–Kier alpha value is -3.36. The van der Waals surface area contributed by atoms with Crippen LogP contribution in [0.15, 0.2) is 30.3 Å². The molecular formula is C22H18F3N3O4S. The molecule has 0 bridgehead atoms. The zero-order valence-corrected chi connectivity index (χ0v) is 18.0. The zero-order chi connectivity index (χ0) is 23.8. The van der Waals surface area contributed by atoms with Crippen LogP contribution in [0, 0.1) is 12.3 Å². The SMILES string of the molecule is C#Cc1ccc(C(=O)N[C@@H]2CC(=O)N(c3ccc(N4CCOCC4=O)c(C(F)(F)F)c3)C2)s1. The highest BCUT2D eigenvalue weighted by atomic mass is 32.1. The third-order valence-corrected chi connectivity index (χ3v) is 6.32. The van der Waals surface area contributed by atoms with Gasteiger partial charge in [-0.05, 0) is 30.3 Å². The first-order chi connectivity index (χ1) is 15.7. The van der Waals surface area contributed by atoms with E-state index in [-0.39, 0.29) is 44.1 Å². The number of benzene rings is 1. The summed E-state index contributed by atoms with van der Waals surface area (Å²) in [5.74, 6) is 1.04. The lowest BCUT2D eigenvalue weighted by Crippen LogP contribution is -2.42. The number of morpholine rings is 1. The van der Waals surface area contributed by atoms with Gasteiger partial charge >= 0.3 is 6.18 Å². The highest BCUT2D eigenvalue weighted by Crippen LogP contribution is 2.40. The maximum Gasteiger partial charge on any atom is 0.418 e. The number of hydrogen-bond donors (Lipinski definition) is 1. The Labute approximate surface area is 191 Å². The molecule has 3 amide bonds. The molecule has 3 heterocycles. The summed E-state index contributed by atoms with van der Waals surface area (Å²) in [6.07, 6.45) is 0.512. The molecule has 2 fully saturated rings. The van der Waals surface area contributed by atoms with Crippen molar-refractivity contribution in [2.24, 2.45) is 0 Å². The smallest absolute Gasteiger partial charge is 0.370 e. The molecule has 2 aliphatic heterocycles.